The van der Waals surface area contributed by atoms with Gasteiger partial charge in [0.05, 0.1) is 5.69 Å². The van der Waals surface area contributed by atoms with Gasteiger partial charge in [0.25, 0.3) is 5.56 Å². The first kappa shape index (κ1) is 20.6. The van der Waals surface area contributed by atoms with Crippen LogP contribution in [0.15, 0.2) is 33.9 Å². The summed E-state index contributed by atoms with van der Waals surface area (Å²) in [7, 11) is 0. The molecule has 1 saturated heterocycles. The predicted molar refractivity (Wildman–Crippen MR) is 111 cm³/mol. The van der Waals surface area contributed by atoms with Crippen molar-refractivity contribution in [1.82, 2.24) is 9.13 Å². The molecule has 3 N–H and O–H groups in total. The number of anilines is 3. The van der Waals surface area contributed by atoms with E-state index in [-0.39, 0.29) is 17.2 Å². The minimum Gasteiger partial charge on any atom is -0.383 e. The zero-order chi connectivity index (χ0) is 21.0. The van der Waals surface area contributed by atoms with Gasteiger partial charge in [-0.25, -0.2) is 13.8 Å². The second kappa shape index (κ2) is 8.93. The second-order valence-electron chi connectivity index (χ2n) is 7.14. The van der Waals surface area contributed by atoms with Crippen LogP contribution < -0.4 is 27.2 Å². The van der Waals surface area contributed by atoms with Gasteiger partial charge >= 0.3 is 5.69 Å². The number of nitrogen functional groups attached to an aromatic ring is 1. The molecule has 0 bridgehead atoms. The van der Waals surface area contributed by atoms with Crippen molar-refractivity contribution in [3.8, 4) is 0 Å². The van der Waals surface area contributed by atoms with E-state index in [1.54, 1.807) is 6.07 Å². The molecule has 1 fully saturated rings. The number of carbonyl (C=O) groups excluding carboxylic acids is 1. The van der Waals surface area contributed by atoms with Gasteiger partial charge in [0.1, 0.15) is 23.9 Å². The second-order valence-corrected chi connectivity index (χ2v) is 7.14. The first-order chi connectivity index (χ1) is 13.9. The van der Waals surface area contributed by atoms with E-state index in [2.05, 4.69) is 5.32 Å². The Morgan fingerprint density at radius 3 is 2.48 bits per heavy atom. The molecule has 0 spiro atoms. The van der Waals surface area contributed by atoms with Crippen molar-refractivity contribution in [1.29, 1.82) is 0 Å². The number of nitrogens with one attached hydrogen (secondary N) is 1. The molecule has 0 atom stereocenters. The van der Waals surface area contributed by atoms with Gasteiger partial charge in [0.2, 0.25) is 5.91 Å². The highest BCUT2D eigenvalue weighted by atomic mass is 19.1. The lowest BCUT2D eigenvalue weighted by atomic mass is 10.1. The van der Waals surface area contributed by atoms with Crippen LogP contribution in [-0.4, -0.2) is 28.1 Å². The molecule has 1 aliphatic rings. The zero-order valence-corrected chi connectivity index (χ0v) is 16.5. The molecule has 29 heavy (non-hydrogen) atoms. The van der Waals surface area contributed by atoms with E-state index >= 15 is 0 Å². The Hall–Kier alpha value is -3.10. The van der Waals surface area contributed by atoms with E-state index in [0.29, 0.717) is 26.1 Å². The number of amides is 1. The number of para-hydroxylation sites is 1. The fraction of sp³-hybridized carbons (Fsp3) is 0.450. The number of aromatic nitrogens is 2. The summed E-state index contributed by atoms with van der Waals surface area (Å²) in [5, 5.41) is 2.41. The van der Waals surface area contributed by atoms with Crippen LogP contribution in [0.4, 0.5) is 21.6 Å². The molecule has 2 aromatic rings. The van der Waals surface area contributed by atoms with Crippen molar-refractivity contribution >= 4 is 23.1 Å². The highest BCUT2D eigenvalue weighted by Crippen LogP contribution is 2.21. The maximum Gasteiger partial charge on any atom is 0.333 e. The fourth-order valence-electron chi connectivity index (χ4n) is 3.59. The number of hydrogen-bond acceptors (Lipinski definition) is 5. The first-order valence-corrected chi connectivity index (χ1v) is 9.86. The normalized spacial score (nSPS) is 14.1. The predicted octanol–water partition coefficient (Wildman–Crippen LogP) is 1.77. The van der Waals surface area contributed by atoms with E-state index < -0.39 is 29.5 Å². The number of halogens is 1. The van der Waals surface area contributed by atoms with Gasteiger partial charge in [-0.05, 0) is 37.8 Å². The van der Waals surface area contributed by atoms with Crippen LogP contribution in [0.1, 0.15) is 32.6 Å². The highest BCUT2D eigenvalue weighted by Gasteiger charge is 2.24. The third kappa shape index (κ3) is 4.33. The molecule has 1 aliphatic heterocycles. The topological polar surface area (TPSA) is 102 Å². The molecule has 1 aromatic carbocycles. The number of hydrogen-bond donors (Lipinski definition) is 2. The van der Waals surface area contributed by atoms with Crippen LogP contribution >= 0.6 is 0 Å². The first-order valence-electron chi connectivity index (χ1n) is 9.86. The molecule has 156 valence electrons. The number of piperidine rings is 1. The summed E-state index contributed by atoms with van der Waals surface area (Å²) in [5.74, 6) is -1.12. The summed E-state index contributed by atoms with van der Waals surface area (Å²) >= 11 is 0. The molecular formula is C20H26FN5O3. The Balaban J connectivity index is 1.99. The SMILES string of the molecule is CCCn1c(N)c(N2CCCCC2)c(=O)n(CC(=O)Nc2ccccc2F)c1=O. The lowest BCUT2D eigenvalue weighted by Gasteiger charge is -2.30. The van der Waals surface area contributed by atoms with Crippen LogP contribution in [0.25, 0.3) is 0 Å². The van der Waals surface area contributed by atoms with Crippen LogP contribution in [0.2, 0.25) is 0 Å². The van der Waals surface area contributed by atoms with Crippen LogP contribution in [0.3, 0.4) is 0 Å². The van der Waals surface area contributed by atoms with Gasteiger partial charge in [-0.15, -0.1) is 0 Å². The maximum absolute atomic E-state index is 13.8. The molecule has 0 saturated carbocycles. The van der Waals surface area contributed by atoms with Crippen LogP contribution in [0.5, 0.6) is 0 Å². The van der Waals surface area contributed by atoms with Crippen molar-refractivity contribution < 1.29 is 9.18 Å². The van der Waals surface area contributed by atoms with Crippen molar-refractivity contribution in [3.05, 3.63) is 50.9 Å². The average Bonchev–Trinajstić information content (AvgIpc) is 2.71. The molecule has 0 unspecified atom stereocenters. The monoisotopic (exact) mass is 403 g/mol. The summed E-state index contributed by atoms with van der Waals surface area (Å²) in [4.78, 5) is 40.3. The molecular weight excluding hydrogens is 377 g/mol. The highest BCUT2D eigenvalue weighted by molar-refractivity contribution is 5.90. The number of benzene rings is 1. The van der Waals surface area contributed by atoms with Gasteiger partial charge in [-0.2, -0.15) is 0 Å². The summed E-state index contributed by atoms with van der Waals surface area (Å²) in [6.45, 7) is 3.06. The summed E-state index contributed by atoms with van der Waals surface area (Å²) in [5.41, 5.74) is 5.22. The number of carbonyl (C=O) groups is 1. The van der Waals surface area contributed by atoms with Gasteiger partial charge in [0, 0.05) is 19.6 Å². The van der Waals surface area contributed by atoms with Gasteiger partial charge in [-0.3, -0.25) is 14.2 Å². The minimum atomic E-state index is -0.660. The number of nitrogens with zero attached hydrogens (tertiary/aromatic N) is 3. The average molecular weight is 403 g/mol. The Morgan fingerprint density at radius 1 is 1.14 bits per heavy atom. The molecule has 2 heterocycles. The maximum atomic E-state index is 13.8. The summed E-state index contributed by atoms with van der Waals surface area (Å²) in [6.07, 6.45) is 3.58. The molecule has 9 heteroatoms. The van der Waals surface area contributed by atoms with Crippen molar-refractivity contribution in [3.63, 3.8) is 0 Å². The Morgan fingerprint density at radius 2 is 1.83 bits per heavy atom. The molecule has 1 aromatic heterocycles. The molecule has 8 nitrogen and oxygen atoms in total. The fourth-order valence-corrected chi connectivity index (χ4v) is 3.59. The molecule has 1 amide bonds. The van der Waals surface area contributed by atoms with Crippen molar-refractivity contribution in [2.24, 2.45) is 0 Å². The quantitative estimate of drug-likeness (QED) is 0.765. The lowest BCUT2D eigenvalue weighted by Crippen LogP contribution is -2.47. The summed E-state index contributed by atoms with van der Waals surface area (Å²) in [6, 6.07) is 5.71. The van der Waals surface area contributed by atoms with Crippen molar-refractivity contribution in [2.75, 3.05) is 29.0 Å². The van der Waals surface area contributed by atoms with E-state index in [1.165, 1.54) is 22.8 Å². The number of rotatable bonds is 6. The van der Waals surface area contributed by atoms with E-state index in [9.17, 15) is 18.8 Å². The van der Waals surface area contributed by atoms with Gasteiger partial charge in [0.15, 0.2) is 0 Å². The largest absolute Gasteiger partial charge is 0.383 e. The van der Waals surface area contributed by atoms with Gasteiger partial charge in [-0.1, -0.05) is 19.1 Å². The molecule has 3 rings (SSSR count). The Bertz CT molecular complexity index is 1010. The third-order valence-electron chi connectivity index (χ3n) is 5.01. The Kier molecular flexibility index (Phi) is 6.36. The molecule has 0 aliphatic carbocycles. The standard InChI is InChI=1S/C20H26FN5O3/c1-2-10-25-18(22)17(24-11-6-3-7-12-24)19(28)26(20(25)29)13-16(27)23-15-9-5-4-8-14(15)21/h4-5,8-9H,2-3,6-7,10-13,22H2,1H3,(H,23,27). The molecule has 0 radical (unpaired) electrons. The van der Waals surface area contributed by atoms with E-state index in [4.69, 9.17) is 5.73 Å². The summed E-state index contributed by atoms with van der Waals surface area (Å²) < 4.78 is 16.0. The Labute approximate surface area is 167 Å². The lowest BCUT2D eigenvalue weighted by molar-refractivity contribution is -0.116. The smallest absolute Gasteiger partial charge is 0.333 e. The van der Waals surface area contributed by atoms with Crippen molar-refractivity contribution in [2.45, 2.75) is 45.7 Å². The minimum absolute atomic E-state index is 0.00821. The van der Waals surface area contributed by atoms with Gasteiger partial charge < -0.3 is 16.0 Å². The third-order valence-corrected chi connectivity index (χ3v) is 5.01. The van der Waals surface area contributed by atoms with Crippen LogP contribution in [-0.2, 0) is 17.9 Å². The van der Waals surface area contributed by atoms with E-state index in [0.717, 1.165) is 23.8 Å². The zero-order valence-electron chi connectivity index (χ0n) is 16.5. The van der Waals surface area contributed by atoms with Crippen LogP contribution in [0, 0.1) is 5.82 Å². The van der Waals surface area contributed by atoms with E-state index in [1.807, 2.05) is 11.8 Å². The number of nitrogens with two attached hydrogens (primary N) is 1.